The summed E-state index contributed by atoms with van der Waals surface area (Å²) < 4.78 is 0. The third kappa shape index (κ3) is 1.52. The number of rotatable bonds is 1. The van der Waals surface area contributed by atoms with Crippen molar-refractivity contribution in [1.29, 1.82) is 0 Å². The molecule has 4 heteroatoms. The van der Waals surface area contributed by atoms with Crippen LogP contribution < -0.4 is 0 Å². The molecule has 0 bridgehead atoms. The molecule has 4 nitrogen and oxygen atoms in total. The van der Waals surface area contributed by atoms with Crippen molar-refractivity contribution in [2.45, 2.75) is 25.3 Å². The van der Waals surface area contributed by atoms with Gasteiger partial charge in [0.15, 0.2) is 5.78 Å². The Kier molecular flexibility index (Phi) is 2.58. The van der Waals surface area contributed by atoms with Crippen LogP contribution >= 0.6 is 0 Å². The van der Waals surface area contributed by atoms with Crippen molar-refractivity contribution in [3.63, 3.8) is 0 Å². The van der Waals surface area contributed by atoms with Crippen molar-refractivity contribution in [3.8, 4) is 0 Å². The van der Waals surface area contributed by atoms with E-state index in [0.29, 0.717) is 25.5 Å². The van der Waals surface area contributed by atoms with Crippen LogP contribution in [0.15, 0.2) is 0 Å². The number of carbonyl (C=O) groups is 3. The van der Waals surface area contributed by atoms with Crippen LogP contribution in [-0.2, 0) is 14.4 Å². The maximum absolute atomic E-state index is 11.2. The smallest absolute Gasteiger partial charge is 0.223 e. The number of ketones is 1. The lowest BCUT2D eigenvalue weighted by atomic mass is 10.1. The minimum Gasteiger partial charge on any atom is -0.329 e. The average Bonchev–Trinajstić information content (AvgIpc) is 2.14. The predicted octanol–water partition coefficient (Wildman–Crippen LogP) is -0.235. The van der Waals surface area contributed by atoms with Gasteiger partial charge in [-0.15, -0.1) is 0 Å². The number of likely N-dealkylation sites (tertiary alicyclic amines) is 1. The Balaban J connectivity index is 2.83. The standard InChI is InChI=1S/C8H11NO3/c1-9-6(5-10)7(11)3-2-4-8(9)12/h5-6H,2-4H2,1H3/t6-/m1/s1. The van der Waals surface area contributed by atoms with E-state index in [9.17, 15) is 14.4 Å². The van der Waals surface area contributed by atoms with Gasteiger partial charge in [-0.3, -0.25) is 9.59 Å². The van der Waals surface area contributed by atoms with Crippen molar-refractivity contribution in [2.75, 3.05) is 7.05 Å². The van der Waals surface area contributed by atoms with E-state index >= 15 is 0 Å². The zero-order chi connectivity index (χ0) is 9.14. The van der Waals surface area contributed by atoms with Gasteiger partial charge in [-0.1, -0.05) is 0 Å². The van der Waals surface area contributed by atoms with Crippen LogP contribution in [0.3, 0.4) is 0 Å². The molecule has 0 N–H and O–H groups in total. The second kappa shape index (κ2) is 3.47. The largest absolute Gasteiger partial charge is 0.329 e. The fourth-order valence-electron chi connectivity index (χ4n) is 1.28. The van der Waals surface area contributed by atoms with Crippen LogP contribution in [0.2, 0.25) is 0 Å². The van der Waals surface area contributed by atoms with E-state index in [1.807, 2.05) is 0 Å². The molecule has 0 aliphatic carbocycles. The lowest BCUT2D eigenvalue weighted by Gasteiger charge is -2.18. The molecular formula is C8H11NO3. The molecule has 1 aliphatic heterocycles. The molecule has 0 aromatic carbocycles. The maximum Gasteiger partial charge on any atom is 0.223 e. The van der Waals surface area contributed by atoms with Crippen molar-refractivity contribution in [1.82, 2.24) is 4.90 Å². The number of aldehydes is 1. The number of nitrogens with zero attached hydrogens (tertiary/aromatic N) is 1. The van der Waals surface area contributed by atoms with Crippen LogP contribution in [-0.4, -0.2) is 36.0 Å². The number of hydrogen-bond acceptors (Lipinski definition) is 3. The lowest BCUT2D eigenvalue weighted by molar-refractivity contribution is -0.138. The van der Waals surface area contributed by atoms with Gasteiger partial charge >= 0.3 is 0 Å². The highest BCUT2D eigenvalue weighted by molar-refractivity contribution is 6.01. The molecule has 0 saturated carbocycles. The van der Waals surface area contributed by atoms with Gasteiger partial charge in [0.2, 0.25) is 5.91 Å². The molecule has 0 aromatic heterocycles. The molecule has 0 aromatic rings. The quantitative estimate of drug-likeness (QED) is 0.402. The maximum atomic E-state index is 11.2. The Hall–Kier alpha value is -1.19. The lowest BCUT2D eigenvalue weighted by Crippen LogP contribution is -2.41. The summed E-state index contributed by atoms with van der Waals surface area (Å²) in [6, 6.07) is -0.847. The summed E-state index contributed by atoms with van der Waals surface area (Å²) in [7, 11) is 1.49. The van der Waals surface area contributed by atoms with Gasteiger partial charge in [-0.25, -0.2) is 0 Å². The molecular weight excluding hydrogens is 158 g/mol. The van der Waals surface area contributed by atoms with Crippen LogP contribution in [0.1, 0.15) is 19.3 Å². The van der Waals surface area contributed by atoms with Gasteiger partial charge in [-0.05, 0) is 6.42 Å². The van der Waals surface area contributed by atoms with E-state index in [0.717, 1.165) is 0 Å². The van der Waals surface area contributed by atoms with E-state index in [2.05, 4.69) is 0 Å². The van der Waals surface area contributed by atoms with Crippen molar-refractivity contribution >= 4 is 18.0 Å². The fraction of sp³-hybridized carbons (Fsp3) is 0.625. The summed E-state index contributed by atoms with van der Waals surface area (Å²) in [5.41, 5.74) is 0. The Morgan fingerprint density at radius 3 is 2.67 bits per heavy atom. The van der Waals surface area contributed by atoms with Crippen molar-refractivity contribution < 1.29 is 14.4 Å². The average molecular weight is 169 g/mol. The van der Waals surface area contributed by atoms with Crippen LogP contribution in [0.4, 0.5) is 0 Å². The van der Waals surface area contributed by atoms with Gasteiger partial charge in [0.25, 0.3) is 0 Å². The van der Waals surface area contributed by atoms with E-state index in [-0.39, 0.29) is 11.7 Å². The summed E-state index contributed by atoms with van der Waals surface area (Å²) in [6.45, 7) is 0. The summed E-state index contributed by atoms with van der Waals surface area (Å²) in [5.74, 6) is -0.281. The van der Waals surface area contributed by atoms with Crippen LogP contribution in [0.25, 0.3) is 0 Å². The molecule has 1 fully saturated rings. The fourth-order valence-corrected chi connectivity index (χ4v) is 1.28. The molecule has 66 valence electrons. The molecule has 0 spiro atoms. The zero-order valence-corrected chi connectivity index (χ0v) is 6.95. The molecule has 1 rings (SSSR count). The topological polar surface area (TPSA) is 54.5 Å². The minimum absolute atomic E-state index is 0.127. The summed E-state index contributed by atoms with van der Waals surface area (Å²) in [6.07, 6.45) is 1.80. The first-order chi connectivity index (χ1) is 5.66. The van der Waals surface area contributed by atoms with Gasteiger partial charge in [0.1, 0.15) is 12.3 Å². The zero-order valence-electron chi connectivity index (χ0n) is 6.95. The Bertz CT molecular complexity index is 224. The number of likely N-dealkylation sites (N-methyl/N-ethyl adjacent to an activating group) is 1. The number of hydrogen-bond donors (Lipinski definition) is 0. The van der Waals surface area contributed by atoms with E-state index in [1.165, 1.54) is 11.9 Å². The Morgan fingerprint density at radius 1 is 1.42 bits per heavy atom. The molecule has 0 unspecified atom stereocenters. The first-order valence-electron chi connectivity index (χ1n) is 3.90. The summed E-state index contributed by atoms with van der Waals surface area (Å²) >= 11 is 0. The minimum atomic E-state index is -0.847. The molecule has 12 heavy (non-hydrogen) atoms. The Morgan fingerprint density at radius 2 is 2.08 bits per heavy atom. The first-order valence-corrected chi connectivity index (χ1v) is 3.90. The second-order valence-electron chi connectivity index (χ2n) is 2.91. The molecule has 1 amide bonds. The second-order valence-corrected chi connectivity index (χ2v) is 2.91. The SMILES string of the molecule is CN1C(=O)CCCC(=O)[C@H]1C=O. The van der Waals surface area contributed by atoms with E-state index in [4.69, 9.17) is 0 Å². The van der Waals surface area contributed by atoms with Crippen molar-refractivity contribution in [2.24, 2.45) is 0 Å². The van der Waals surface area contributed by atoms with Gasteiger partial charge in [-0.2, -0.15) is 0 Å². The van der Waals surface area contributed by atoms with Crippen LogP contribution in [0.5, 0.6) is 0 Å². The molecule has 1 atom stereocenters. The monoisotopic (exact) mass is 169 g/mol. The van der Waals surface area contributed by atoms with Crippen LogP contribution in [0, 0.1) is 0 Å². The van der Waals surface area contributed by atoms with Gasteiger partial charge < -0.3 is 9.69 Å². The number of Topliss-reactive ketones (excluding diaryl/α,β-unsaturated/α-hetero) is 1. The third-order valence-corrected chi connectivity index (χ3v) is 2.08. The number of carbonyl (C=O) groups excluding carboxylic acids is 3. The molecule has 1 aliphatic rings. The van der Waals surface area contributed by atoms with E-state index in [1.54, 1.807) is 0 Å². The molecule has 1 heterocycles. The highest BCUT2D eigenvalue weighted by Gasteiger charge is 2.28. The summed E-state index contributed by atoms with van der Waals surface area (Å²) in [4.78, 5) is 34.0. The first kappa shape index (κ1) is 8.90. The van der Waals surface area contributed by atoms with Gasteiger partial charge in [0.05, 0.1) is 0 Å². The normalized spacial score (nSPS) is 25.4. The van der Waals surface area contributed by atoms with Crippen molar-refractivity contribution in [3.05, 3.63) is 0 Å². The highest BCUT2D eigenvalue weighted by atomic mass is 16.2. The Labute approximate surface area is 70.5 Å². The predicted molar refractivity (Wildman–Crippen MR) is 41.5 cm³/mol. The molecule has 1 saturated heterocycles. The third-order valence-electron chi connectivity index (χ3n) is 2.08. The van der Waals surface area contributed by atoms with E-state index < -0.39 is 6.04 Å². The number of amides is 1. The highest BCUT2D eigenvalue weighted by Crippen LogP contribution is 2.11. The molecule has 0 radical (unpaired) electrons. The van der Waals surface area contributed by atoms with Gasteiger partial charge in [0, 0.05) is 19.9 Å². The summed E-state index contributed by atoms with van der Waals surface area (Å²) in [5, 5.41) is 0.